The summed E-state index contributed by atoms with van der Waals surface area (Å²) < 4.78 is 2.23. The lowest BCUT2D eigenvalue weighted by Gasteiger charge is -2.32. The van der Waals surface area contributed by atoms with Crippen LogP contribution >= 0.6 is 0 Å². The summed E-state index contributed by atoms with van der Waals surface area (Å²) in [6, 6.07) is 1.02. The monoisotopic (exact) mass is 221 g/mol. The van der Waals surface area contributed by atoms with Crippen molar-refractivity contribution < 1.29 is 0 Å². The van der Waals surface area contributed by atoms with Gasteiger partial charge in [-0.1, -0.05) is 6.42 Å². The molecule has 1 aromatic heterocycles. The molecule has 1 aliphatic rings. The average molecular weight is 221 g/mol. The van der Waals surface area contributed by atoms with Crippen LogP contribution in [0.5, 0.6) is 0 Å². The van der Waals surface area contributed by atoms with E-state index in [1.54, 1.807) is 0 Å². The second-order valence-electron chi connectivity index (χ2n) is 5.33. The standard InChI is InChI=1S/C13H23N3/c1-9(2)16-8-10(3)14-13(16)15-11(4)12-6-5-7-12/h8-9,11-12H,5-7H2,1-4H3,(H,14,15). The van der Waals surface area contributed by atoms with E-state index in [4.69, 9.17) is 0 Å². The van der Waals surface area contributed by atoms with E-state index in [0.29, 0.717) is 12.1 Å². The third-order valence-corrected chi connectivity index (χ3v) is 3.62. The summed E-state index contributed by atoms with van der Waals surface area (Å²) in [5.41, 5.74) is 1.09. The van der Waals surface area contributed by atoms with Crippen molar-refractivity contribution in [1.29, 1.82) is 0 Å². The summed E-state index contributed by atoms with van der Waals surface area (Å²) in [5.74, 6) is 1.88. The number of imidazole rings is 1. The van der Waals surface area contributed by atoms with Gasteiger partial charge in [0.15, 0.2) is 0 Å². The van der Waals surface area contributed by atoms with Gasteiger partial charge in [-0.2, -0.15) is 0 Å². The van der Waals surface area contributed by atoms with Crippen molar-refractivity contribution in [2.45, 2.75) is 59.0 Å². The number of rotatable bonds is 4. The molecule has 1 fully saturated rings. The molecule has 1 aromatic rings. The summed E-state index contributed by atoms with van der Waals surface area (Å²) in [6.07, 6.45) is 6.26. The van der Waals surface area contributed by atoms with Gasteiger partial charge in [0.1, 0.15) is 0 Å². The molecule has 1 unspecified atom stereocenters. The number of anilines is 1. The highest BCUT2D eigenvalue weighted by atomic mass is 15.2. The fraction of sp³-hybridized carbons (Fsp3) is 0.769. The van der Waals surface area contributed by atoms with Crippen LogP contribution in [0.15, 0.2) is 6.20 Å². The lowest BCUT2D eigenvalue weighted by molar-refractivity contribution is 0.284. The summed E-state index contributed by atoms with van der Waals surface area (Å²) in [6.45, 7) is 8.72. The predicted octanol–water partition coefficient (Wildman–Crippen LogP) is 3.37. The van der Waals surface area contributed by atoms with Crippen LogP contribution < -0.4 is 5.32 Å². The Morgan fingerprint density at radius 3 is 2.56 bits per heavy atom. The largest absolute Gasteiger partial charge is 0.353 e. The van der Waals surface area contributed by atoms with Gasteiger partial charge in [0.25, 0.3) is 0 Å². The maximum Gasteiger partial charge on any atom is 0.203 e. The lowest BCUT2D eigenvalue weighted by Crippen LogP contribution is -2.32. The van der Waals surface area contributed by atoms with Gasteiger partial charge in [0.05, 0.1) is 5.69 Å². The van der Waals surface area contributed by atoms with Crippen LogP contribution in [-0.4, -0.2) is 15.6 Å². The van der Waals surface area contributed by atoms with Gasteiger partial charge in [-0.15, -0.1) is 0 Å². The van der Waals surface area contributed by atoms with Crippen molar-refractivity contribution in [3.63, 3.8) is 0 Å². The topological polar surface area (TPSA) is 29.9 Å². The molecule has 0 aliphatic heterocycles. The Morgan fingerprint density at radius 2 is 2.06 bits per heavy atom. The Bertz CT molecular complexity index is 350. The fourth-order valence-electron chi connectivity index (χ4n) is 2.28. The Hall–Kier alpha value is -0.990. The molecule has 0 aromatic carbocycles. The zero-order valence-corrected chi connectivity index (χ0v) is 10.8. The molecule has 16 heavy (non-hydrogen) atoms. The molecule has 1 saturated carbocycles. The second kappa shape index (κ2) is 4.48. The van der Waals surface area contributed by atoms with Gasteiger partial charge < -0.3 is 9.88 Å². The molecule has 3 heteroatoms. The quantitative estimate of drug-likeness (QED) is 0.844. The van der Waals surface area contributed by atoms with Gasteiger partial charge in [-0.05, 0) is 46.5 Å². The zero-order chi connectivity index (χ0) is 11.7. The highest BCUT2D eigenvalue weighted by molar-refractivity contribution is 5.31. The Morgan fingerprint density at radius 1 is 1.38 bits per heavy atom. The van der Waals surface area contributed by atoms with E-state index in [1.807, 2.05) is 0 Å². The smallest absolute Gasteiger partial charge is 0.203 e. The number of nitrogens with zero attached hydrogens (tertiary/aromatic N) is 2. The van der Waals surface area contributed by atoms with Crippen molar-refractivity contribution in [3.8, 4) is 0 Å². The Balaban J connectivity index is 2.07. The van der Waals surface area contributed by atoms with Crippen molar-refractivity contribution in [2.24, 2.45) is 5.92 Å². The van der Waals surface area contributed by atoms with Crippen molar-refractivity contribution >= 4 is 5.95 Å². The van der Waals surface area contributed by atoms with Crippen LogP contribution in [0.25, 0.3) is 0 Å². The first-order chi connectivity index (χ1) is 7.58. The Labute approximate surface area is 98.3 Å². The minimum absolute atomic E-state index is 0.470. The van der Waals surface area contributed by atoms with E-state index < -0.39 is 0 Å². The SMILES string of the molecule is Cc1cn(C(C)C)c(NC(C)C2CCC2)n1. The molecule has 0 bridgehead atoms. The predicted molar refractivity (Wildman–Crippen MR) is 67.8 cm³/mol. The first-order valence-corrected chi connectivity index (χ1v) is 6.40. The van der Waals surface area contributed by atoms with Crippen molar-refractivity contribution in [2.75, 3.05) is 5.32 Å². The third-order valence-electron chi connectivity index (χ3n) is 3.62. The first-order valence-electron chi connectivity index (χ1n) is 6.40. The molecule has 1 aliphatic carbocycles. The summed E-state index contributed by atoms with van der Waals surface area (Å²) in [7, 11) is 0. The summed E-state index contributed by atoms with van der Waals surface area (Å²) in [4.78, 5) is 4.56. The Kier molecular flexibility index (Phi) is 3.22. The highest BCUT2D eigenvalue weighted by Crippen LogP contribution is 2.31. The van der Waals surface area contributed by atoms with E-state index in [9.17, 15) is 0 Å². The van der Waals surface area contributed by atoms with E-state index in [-0.39, 0.29) is 0 Å². The molecule has 0 radical (unpaired) electrons. The molecule has 90 valence electrons. The van der Waals surface area contributed by atoms with Crippen LogP contribution in [0, 0.1) is 12.8 Å². The van der Waals surface area contributed by atoms with E-state index in [1.165, 1.54) is 19.3 Å². The normalized spacial score (nSPS) is 18.6. The molecule has 3 nitrogen and oxygen atoms in total. The van der Waals surface area contributed by atoms with Gasteiger partial charge in [0, 0.05) is 18.3 Å². The molecular weight excluding hydrogens is 198 g/mol. The van der Waals surface area contributed by atoms with E-state index >= 15 is 0 Å². The average Bonchev–Trinajstić information content (AvgIpc) is 2.43. The summed E-state index contributed by atoms with van der Waals surface area (Å²) >= 11 is 0. The molecule has 1 heterocycles. The number of aromatic nitrogens is 2. The molecule has 0 saturated heterocycles. The van der Waals surface area contributed by atoms with Crippen LogP contribution in [-0.2, 0) is 0 Å². The number of nitrogens with one attached hydrogen (secondary N) is 1. The lowest BCUT2D eigenvalue weighted by atomic mass is 9.80. The second-order valence-corrected chi connectivity index (χ2v) is 5.33. The van der Waals surface area contributed by atoms with Crippen molar-refractivity contribution in [1.82, 2.24) is 9.55 Å². The third kappa shape index (κ3) is 2.23. The summed E-state index contributed by atoms with van der Waals surface area (Å²) in [5, 5.41) is 3.57. The number of hydrogen-bond acceptors (Lipinski definition) is 2. The number of aryl methyl sites for hydroxylation is 1. The van der Waals surface area contributed by atoms with Crippen LogP contribution in [0.2, 0.25) is 0 Å². The minimum Gasteiger partial charge on any atom is -0.353 e. The molecule has 0 spiro atoms. The zero-order valence-electron chi connectivity index (χ0n) is 10.8. The first kappa shape index (κ1) is 11.5. The fourth-order valence-corrected chi connectivity index (χ4v) is 2.28. The molecule has 1 N–H and O–H groups in total. The molecule has 2 rings (SSSR count). The maximum atomic E-state index is 4.56. The highest BCUT2D eigenvalue weighted by Gasteiger charge is 2.24. The van der Waals surface area contributed by atoms with E-state index in [2.05, 4.69) is 48.8 Å². The van der Waals surface area contributed by atoms with Gasteiger partial charge >= 0.3 is 0 Å². The molecule has 1 atom stereocenters. The minimum atomic E-state index is 0.470. The van der Waals surface area contributed by atoms with Crippen LogP contribution in [0.4, 0.5) is 5.95 Å². The van der Waals surface area contributed by atoms with Gasteiger partial charge in [-0.25, -0.2) is 4.98 Å². The van der Waals surface area contributed by atoms with Crippen molar-refractivity contribution in [3.05, 3.63) is 11.9 Å². The van der Waals surface area contributed by atoms with Crippen LogP contribution in [0.1, 0.15) is 51.8 Å². The van der Waals surface area contributed by atoms with Gasteiger partial charge in [-0.3, -0.25) is 0 Å². The molecule has 0 amide bonds. The van der Waals surface area contributed by atoms with Crippen LogP contribution in [0.3, 0.4) is 0 Å². The van der Waals surface area contributed by atoms with Gasteiger partial charge in [0.2, 0.25) is 5.95 Å². The van der Waals surface area contributed by atoms with E-state index in [0.717, 1.165) is 17.6 Å². The number of hydrogen-bond donors (Lipinski definition) is 1. The molecular formula is C13H23N3. The maximum absolute atomic E-state index is 4.56.